The zero-order valence-electron chi connectivity index (χ0n) is 17.7. The van der Waals surface area contributed by atoms with Gasteiger partial charge < -0.3 is 0 Å². The lowest BCUT2D eigenvalue weighted by Gasteiger charge is -2.30. The molecule has 3 nitrogen and oxygen atoms in total. The number of rotatable bonds is 3. The Morgan fingerprint density at radius 1 is 0.970 bits per heavy atom. The van der Waals surface area contributed by atoms with Gasteiger partial charge in [-0.05, 0) is 94.4 Å². The Bertz CT molecular complexity index is 1250. The number of hydrogen-bond donors (Lipinski definition) is 0. The van der Waals surface area contributed by atoms with Crippen molar-refractivity contribution in [3.05, 3.63) is 110 Å². The highest BCUT2D eigenvalue weighted by molar-refractivity contribution is 9.10. The Hall–Kier alpha value is -2.40. The van der Waals surface area contributed by atoms with Crippen LogP contribution in [0.15, 0.2) is 87.9 Å². The second kappa shape index (κ2) is 9.46. The van der Waals surface area contributed by atoms with E-state index in [9.17, 15) is 4.79 Å². The van der Waals surface area contributed by atoms with E-state index in [0.29, 0.717) is 15.6 Å². The number of amides is 1. The lowest BCUT2D eigenvalue weighted by molar-refractivity contribution is 0.0680. The minimum Gasteiger partial charge on any atom is -0.267 e. The van der Waals surface area contributed by atoms with Gasteiger partial charge in [0.25, 0.3) is 5.91 Å². The summed E-state index contributed by atoms with van der Waals surface area (Å²) in [6, 6.07) is 22.9. The van der Waals surface area contributed by atoms with Crippen molar-refractivity contribution in [2.45, 2.75) is 25.3 Å². The fourth-order valence-corrected chi connectivity index (χ4v) is 5.39. The molecule has 0 bridgehead atoms. The highest BCUT2D eigenvalue weighted by Gasteiger charge is 2.44. The molecule has 0 aromatic heterocycles. The van der Waals surface area contributed by atoms with Crippen LogP contribution in [0.3, 0.4) is 0 Å². The van der Waals surface area contributed by atoms with Gasteiger partial charge in [-0.2, -0.15) is 5.10 Å². The van der Waals surface area contributed by atoms with Gasteiger partial charge >= 0.3 is 0 Å². The molecule has 0 unspecified atom stereocenters. The first-order valence-electron chi connectivity index (χ1n) is 10.9. The number of hydrazone groups is 1. The highest BCUT2D eigenvalue weighted by Crippen LogP contribution is 2.45. The van der Waals surface area contributed by atoms with E-state index in [1.54, 1.807) is 5.01 Å². The third kappa shape index (κ3) is 4.52. The van der Waals surface area contributed by atoms with Gasteiger partial charge in [-0.25, -0.2) is 5.01 Å². The van der Waals surface area contributed by atoms with Crippen molar-refractivity contribution in [3.8, 4) is 0 Å². The summed E-state index contributed by atoms with van der Waals surface area (Å²) < 4.78 is 0.761. The van der Waals surface area contributed by atoms with E-state index in [-0.39, 0.29) is 17.9 Å². The first-order chi connectivity index (χ1) is 16.0. The Labute approximate surface area is 211 Å². The van der Waals surface area contributed by atoms with Crippen LogP contribution in [0.4, 0.5) is 0 Å². The van der Waals surface area contributed by atoms with Crippen LogP contribution >= 0.6 is 39.1 Å². The number of hydrogen-bond acceptors (Lipinski definition) is 2. The van der Waals surface area contributed by atoms with Crippen molar-refractivity contribution >= 4 is 56.8 Å². The maximum Gasteiger partial charge on any atom is 0.275 e. The Kier molecular flexibility index (Phi) is 6.42. The lowest BCUT2D eigenvalue weighted by Crippen LogP contribution is -2.32. The van der Waals surface area contributed by atoms with Crippen molar-refractivity contribution in [3.63, 3.8) is 0 Å². The Balaban J connectivity index is 1.59. The van der Waals surface area contributed by atoms with Gasteiger partial charge in [0, 0.05) is 20.4 Å². The molecule has 1 saturated carbocycles. The molecule has 1 fully saturated rings. The average Bonchev–Trinajstić information content (AvgIpc) is 3.22. The SMILES string of the molecule is O=C(c1ccccc1Br)N1N=C2/C(=C\c3ccc(Cl)cc3)CCC[C@H]2[C@H]1c1ccc(Cl)cc1. The van der Waals surface area contributed by atoms with Crippen LogP contribution < -0.4 is 0 Å². The quantitative estimate of drug-likeness (QED) is 0.330. The summed E-state index contributed by atoms with van der Waals surface area (Å²) in [5, 5.41) is 8.01. The van der Waals surface area contributed by atoms with E-state index >= 15 is 0 Å². The first kappa shape index (κ1) is 22.4. The predicted molar refractivity (Wildman–Crippen MR) is 139 cm³/mol. The number of allylic oxidation sites excluding steroid dienone is 1. The van der Waals surface area contributed by atoms with Crippen LogP contribution in [0.2, 0.25) is 10.0 Å². The molecule has 166 valence electrons. The zero-order chi connectivity index (χ0) is 22.9. The summed E-state index contributed by atoms with van der Waals surface area (Å²) >= 11 is 15.8. The third-order valence-corrected chi connectivity index (χ3v) is 7.43. The molecule has 1 heterocycles. The number of fused-ring (bicyclic) bond motifs is 1. The topological polar surface area (TPSA) is 32.7 Å². The molecule has 0 radical (unpaired) electrons. The van der Waals surface area contributed by atoms with E-state index in [1.807, 2.05) is 72.8 Å². The van der Waals surface area contributed by atoms with Crippen LogP contribution in [-0.2, 0) is 0 Å². The zero-order valence-corrected chi connectivity index (χ0v) is 20.8. The molecule has 1 aliphatic heterocycles. The molecule has 6 heteroatoms. The largest absolute Gasteiger partial charge is 0.275 e. The summed E-state index contributed by atoms with van der Waals surface area (Å²) in [4.78, 5) is 13.7. The minimum absolute atomic E-state index is 0.116. The van der Waals surface area contributed by atoms with Crippen molar-refractivity contribution in [1.82, 2.24) is 5.01 Å². The normalized spacial score (nSPS) is 21.1. The van der Waals surface area contributed by atoms with Gasteiger partial charge in [0.05, 0.1) is 17.3 Å². The van der Waals surface area contributed by atoms with E-state index in [1.165, 1.54) is 5.57 Å². The summed E-state index contributed by atoms with van der Waals surface area (Å²) in [5.74, 6) is 0.0140. The molecule has 1 aliphatic carbocycles. The number of benzene rings is 3. The molecule has 5 rings (SSSR count). The van der Waals surface area contributed by atoms with E-state index < -0.39 is 0 Å². The minimum atomic E-state index is -0.175. The van der Waals surface area contributed by atoms with Gasteiger partial charge in [0.1, 0.15) is 0 Å². The van der Waals surface area contributed by atoms with Crippen LogP contribution in [0.1, 0.15) is 46.8 Å². The number of carbonyl (C=O) groups is 1. The van der Waals surface area contributed by atoms with Gasteiger partial charge in [0.2, 0.25) is 0 Å². The molecular weight excluding hydrogens is 519 g/mol. The molecule has 0 spiro atoms. The standard InChI is InChI=1S/C27H21BrCl2N2O/c28-24-7-2-1-5-22(24)27(33)32-26(18-10-14-21(30)15-11-18)23-6-3-4-19(25(23)31-32)16-17-8-12-20(29)13-9-17/h1-2,5,7-16,23,26H,3-4,6H2/b19-16-/t23-,26-/m1/s1. The highest BCUT2D eigenvalue weighted by atomic mass is 79.9. The number of nitrogens with zero attached hydrogens (tertiary/aromatic N) is 2. The van der Waals surface area contributed by atoms with Crippen molar-refractivity contribution in [1.29, 1.82) is 0 Å². The van der Waals surface area contributed by atoms with Crippen LogP contribution in [0.5, 0.6) is 0 Å². The molecular formula is C27H21BrCl2N2O. The smallest absolute Gasteiger partial charge is 0.267 e. The molecule has 0 N–H and O–H groups in total. The fraction of sp³-hybridized carbons (Fsp3) is 0.185. The molecule has 1 amide bonds. The van der Waals surface area contributed by atoms with E-state index in [0.717, 1.165) is 40.6 Å². The summed E-state index contributed by atoms with van der Waals surface area (Å²) in [6.45, 7) is 0. The molecule has 2 aliphatic rings. The first-order valence-corrected chi connectivity index (χ1v) is 12.4. The maximum atomic E-state index is 13.7. The summed E-state index contributed by atoms with van der Waals surface area (Å²) in [5.41, 5.74) is 4.89. The van der Waals surface area contributed by atoms with E-state index in [4.69, 9.17) is 28.3 Å². The van der Waals surface area contributed by atoms with Crippen LogP contribution in [-0.4, -0.2) is 16.6 Å². The Morgan fingerprint density at radius 2 is 1.64 bits per heavy atom. The van der Waals surface area contributed by atoms with Gasteiger partial charge in [-0.1, -0.05) is 59.6 Å². The maximum absolute atomic E-state index is 13.7. The molecule has 2 atom stereocenters. The number of carbonyl (C=O) groups excluding carboxylic acids is 1. The molecule has 0 saturated heterocycles. The second-order valence-corrected chi connectivity index (χ2v) is 10.1. The van der Waals surface area contributed by atoms with Gasteiger partial charge in [-0.15, -0.1) is 0 Å². The fourth-order valence-electron chi connectivity index (χ4n) is 4.68. The van der Waals surface area contributed by atoms with Crippen LogP contribution in [0, 0.1) is 5.92 Å². The third-order valence-electron chi connectivity index (χ3n) is 6.24. The van der Waals surface area contributed by atoms with E-state index in [2.05, 4.69) is 22.0 Å². The van der Waals surface area contributed by atoms with Crippen molar-refractivity contribution in [2.75, 3.05) is 0 Å². The predicted octanol–water partition coefficient (Wildman–Crippen LogP) is 8.19. The lowest BCUT2D eigenvalue weighted by atomic mass is 9.77. The average molecular weight is 540 g/mol. The van der Waals surface area contributed by atoms with Crippen molar-refractivity contribution in [2.24, 2.45) is 11.0 Å². The van der Waals surface area contributed by atoms with Crippen LogP contribution in [0.25, 0.3) is 6.08 Å². The number of halogens is 3. The van der Waals surface area contributed by atoms with Gasteiger partial charge in [0.15, 0.2) is 0 Å². The summed E-state index contributed by atoms with van der Waals surface area (Å²) in [6.07, 6.45) is 5.13. The second-order valence-electron chi connectivity index (χ2n) is 8.33. The summed E-state index contributed by atoms with van der Waals surface area (Å²) in [7, 11) is 0. The Morgan fingerprint density at radius 3 is 2.33 bits per heavy atom. The molecule has 33 heavy (non-hydrogen) atoms. The molecule has 3 aromatic rings. The monoisotopic (exact) mass is 538 g/mol. The van der Waals surface area contributed by atoms with Gasteiger partial charge in [-0.3, -0.25) is 4.79 Å². The van der Waals surface area contributed by atoms with Crippen molar-refractivity contribution < 1.29 is 4.79 Å². The molecule has 3 aromatic carbocycles.